The molecule has 27 heavy (non-hydrogen) atoms. The van der Waals surface area contributed by atoms with Crippen LogP contribution in [0.1, 0.15) is 12.7 Å². The minimum absolute atomic E-state index is 0.118. The van der Waals surface area contributed by atoms with Gasteiger partial charge in [0, 0.05) is 26.3 Å². The van der Waals surface area contributed by atoms with Crippen molar-refractivity contribution in [2.24, 2.45) is 0 Å². The van der Waals surface area contributed by atoms with Crippen LogP contribution in [-0.2, 0) is 21.4 Å². The number of hydrogen-bond donors (Lipinski definition) is 1. The molecule has 1 aromatic heterocycles. The number of thioether (sulfide) groups is 1. The highest BCUT2D eigenvalue weighted by Gasteiger charge is 2.21. The van der Waals surface area contributed by atoms with Gasteiger partial charge in [-0.2, -0.15) is 0 Å². The Hall–Kier alpha value is -2.17. The van der Waals surface area contributed by atoms with Gasteiger partial charge < -0.3 is 9.88 Å². The summed E-state index contributed by atoms with van der Waals surface area (Å²) in [5.41, 5.74) is 0.416. The third kappa shape index (κ3) is 4.96. The van der Waals surface area contributed by atoms with Crippen LogP contribution in [0, 0.1) is 6.92 Å². The molecule has 0 aliphatic carbocycles. The molecule has 1 heterocycles. The zero-order valence-electron chi connectivity index (χ0n) is 15.7. The van der Waals surface area contributed by atoms with Crippen LogP contribution in [0.5, 0.6) is 0 Å². The molecule has 2 rings (SSSR count). The number of sulfonamides is 1. The van der Waals surface area contributed by atoms with Gasteiger partial charge in [0.2, 0.25) is 15.9 Å². The summed E-state index contributed by atoms with van der Waals surface area (Å²) < 4.78 is 27.5. The van der Waals surface area contributed by atoms with Crippen LogP contribution in [0.2, 0.25) is 0 Å². The van der Waals surface area contributed by atoms with Gasteiger partial charge in [-0.3, -0.25) is 4.79 Å². The molecule has 10 heteroatoms. The van der Waals surface area contributed by atoms with Crippen molar-refractivity contribution in [1.82, 2.24) is 19.1 Å². The fourth-order valence-corrected chi connectivity index (χ4v) is 4.04. The lowest BCUT2D eigenvalue weighted by molar-refractivity contribution is -0.115. The summed E-state index contributed by atoms with van der Waals surface area (Å²) in [6, 6.07) is 6.17. The van der Waals surface area contributed by atoms with Crippen molar-refractivity contribution in [3.63, 3.8) is 0 Å². The van der Waals surface area contributed by atoms with Gasteiger partial charge in [-0.1, -0.05) is 23.9 Å². The third-order valence-electron chi connectivity index (χ3n) is 3.75. The van der Waals surface area contributed by atoms with Gasteiger partial charge in [-0.05, 0) is 32.0 Å². The van der Waals surface area contributed by atoms with Gasteiger partial charge in [0.1, 0.15) is 5.82 Å². The average molecular weight is 410 g/mol. The number of nitrogens with zero attached hydrogens (tertiary/aromatic N) is 4. The molecule has 0 saturated carbocycles. The van der Waals surface area contributed by atoms with E-state index >= 15 is 0 Å². The smallest absolute Gasteiger partial charge is 0.242 e. The van der Waals surface area contributed by atoms with E-state index < -0.39 is 15.3 Å². The highest BCUT2D eigenvalue weighted by Crippen LogP contribution is 2.24. The SMILES string of the molecule is C=CCn1c(C)nnc1S[C@H](C)C(=O)Nc1cccc(S(=O)(=O)N(C)C)c1. The molecule has 1 amide bonds. The number of aryl methyl sites for hydroxylation is 1. The second-order valence-electron chi connectivity index (χ2n) is 5.99. The van der Waals surface area contributed by atoms with E-state index in [1.165, 1.54) is 38.0 Å². The van der Waals surface area contributed by atoms with E-state index in [4.69, 9.17) is 0 Å². The van der Waals surface area contributed by atoms with E-state index in [2.05, 4.69) is 22.1 Å². The number of carbonyl (C=O) groups excluding carboxylic acids is 1. The summed E-state index contributed by atoms with van der Waals surface area (Å²) in [5, 5.41) is 11.0. The molecule has 0 bridgehead atoms. The first-order valence-electron chi connectivity index (χ1n) is 8.17. The normalized spacial score (nSPS) is 12.8. The molecule has 146 valence electrons. The first-order chi connectivity index (χ1) is 12.7. The van der Waals surface area contributed by atoms with Crippen molar-refractivity contribution in [3.8, 4) is 0 Å². The molecule has 1 atom stereocenters. The summed E-state index contributed by atoms with van der Waals surface area (Å²) in [6.45, 7) is 7.85. The predicted molar refractivity (Wildman–Crippen MR) is 106 cm³/mol. The monoisotopic (exact) mass is 409 g/mol. The van der Waals surface area contributed by atoms with Crippen LogP contribution in [0.25, 0.3) is 0 Å². The van der Waals surface area contributed by atoms with E-state index in [0.717, 1.165) is 10.1 Å². The largest absolute Gasteiger partial charge is 0.325 e. The molecule has 0 fully saturated rings. The fraction of sp³-hybridized carbons (Fsp3) is 0.353. The van der Waals surface area contributed by atoms with Gasteiger partial charge in [0.05, 0.1) is 10.1 Å². The Morgan fingerprint density at radius 1 is 1.41 bits per heavy atom. The molecule has 0 spiro atoms. The highest BCUT2D eigenvalue weighted by atomic mass is 32.2. The quantitative estimate of drug-likeness (QED) is 0.530. The second-order valence-corrected chi connectivity index (χ2v) is 9.45. The van der Waals surface area contributed by atoms with Crippen molar-refractivity contribution in [2.45, 2.75) is 35.7 Å². The lowest BCUT2D eigenvalue weighted by Crippen LogP contribution is -2.24. The number of benzene rings is 1. The number of amides is 1. The van der Waals surface area contributed by atoms with Crippen LogP contribution >= 0.6 is 11.8 Å². The number of carbonyl (C=O) groups is 1. The van der Waals surface area contributed by atoms with Crippen LogP contribution in [0.15, 0.2) is 47.0 Å². The molecule has 8 nitrogen and oxygen atoms in total. The number of anilines is 1. The standard InChI is InChI=1S/C17H23N5O3S2/c1-6-10-22-13(3)19-20-17(22)26-12(2)16(23)18-14-8-7-9-15(11-14)27(24,25)21(4)5/h6-9,11-12H,1,10H2,2-5H3,(H,18,23)/t12-/m1/s1. The summed E-state index contributed by atoms with van der Waals surface area (Å²) in [7, 11) is -0.649. The number of aromatic nitrogens is 3. The Balaban J connectivity index is 2.12. The average Bonchev–Trinajstić information content (AvgIpc) is 2.95. The Morgan fingerprint density at radius 2 is 2.11 bits per heavy atom. The molecule has 0 saturated heterocycles. The van der Waals surface area contributed by atoms with Gasteiger partial charge >= 0.3 is 0 Å². The van der Waals surface area contributed by atoms with Crippen molar-refractivity contribution >= 4 is 33.4 Å². The third-order valence-corrected chi connectivity index (χ3v) is 6.64. The van der Waals surface area contributed by atoms with E-state index in [0.29, 0.717) is 17.4 Å². The minimum Gasteiger partial charge on any atom is -0.325 e. The van der Waals surface area contributed by atoms with Crippen LogP contribution in [0.4, 0.5) is 5.69 Å². The second kappa shape index (κ2) is 8.68. The summed E-state index contributed by atoms with van der Waals surface area (Å²) in [4.78, 5) is 12.6. The molecule has 0 radical (unpaired) electrons. The summed E-state index contributed by atoms with van der Waals surface area (Å²) in [6.07, 6.45) is 1.74. The Bertz CT molecular complexity index is 938. The van der Waals surface area contributed by atoms with Crippen LogP contribution in [0.3, 0.4) is 0 Å². The number of hydrogen-bond acceptors (Lipinski definition) is 6. The van der Waals surface area contributed by atoms with Gasteiger partial charge in [0.25, 0.3) is 0 Å². The van der Waals surface area contributed by atoms with Crippen molar-refractivity contribution in [2.75, 3.05) is 19.4 Å². The summed E-state index contributed by atoms with van der Waals surface area (Å²) >= 11 is 1.28. The van der Waals surface area contributed by atoms with Crippen molar-refractivity contribution in [1.29, 1.82) is 0 Å². The predicted octanol–water partition coefficient (Wildman–Crippen LogP) is 2.14. The first-order valence-corrected chi connectivity index (χ1v) is 10.5. The molecule has 2 aromatic rings. The highest BCUT2D eigenvalue weighted by molar-refractivity contribution is 8.00. The molecule has 0 aliphatic rings. The molecule has 1 N–H and O–H groups in total. The minimum atomic E-state index is -3.57. The van der Waals surface area contributed by atoms with Gasteiger partial charge in [-0.15, -0.1) is 16.8 Å². The maximum Gasteiger partial charge on any atom is 0.242 e. The molecular formula is C17H23N5O3S2. The van der Waals surface area contributed by atoms with Gasteiger partial charge in [0.15, 0.2) is 5.16 Å². The van der Waals surface area contributed by atoms with Crippen molar-refractivity contribution < 1.29 is 13.2 Å². The molecule has 0 aliphatic heterocycles. The molecule has 0 unspecified atom stereocenters. The van der Waals surface area contributed by atoms with Crippen LogP contribution < -0.4 is 5.32 Å². The Kier molecular flexibility index (Phi) is 6.79. The Labute approximate surface area is 163 Å². The van der Waals surface area contributed by atoms with Gasteiger partial charge in [-0.25, -0.2) is 12.7 Å². The molecule has 1 aromatic carbocycles. The number of allylic oxidation sites excluding steroid dienone is 1. The first kappa shape index (κ1) is 21.1. The zero-order valence-corrected chi connectivity index (χ0v) is 17.3. The maximum absolute atomic E-state index is 12.5. The Morgan fingerprint density at radius 3 is 2.74 bits per heavy atom. The van der Waals surface area contributed by atoms with E-state index in [1.807, 2.05) is 11.5 Å². The zero-order chi connectivity index (χ0) is 20.2. The lowest BCUT2D eigenvalue weighted by atomic mass is 10.3. The van der Waals surface area contributed by atoms with Crippen LogP contribution in [-0.4, -0.2) is 52.7 Å². The van der Waals surface area contributed by atoms with E-state index in [9.17, 15) is 13.2 Å². The topological polar surface area (TPSA) is 97.2 Å². The van der Waals surface area contributed by atoms with Crippen molar-refractivity contribution in [3.05, 3.63) is 42.7 Å². The fourth-order valence-electron chi connectivity index (χ4n) is 2.19. The number of rotatable bonds is 8. The number of nitrogens with one attached hydrogen (secondary N) is 1. The maximum atomic E-state index is 12.5. The lowest BCUT2D eigenvalue weighted by Gasteiger charge is -2.14. The molecular weight excluding hydrogens is 386 g/mol. The van der Waals surface area contributed by atoms with E-state index in [1.54, 1.807) is 25.1 Å². The van der Waals surface area contributed by atoms with E-state index in [-0.39, 0.29) is 10.8 Å². The summed E-state index contributed by atoms with van der Waals surface area (Å²) in [5.74, 6) is 0.483.